The number of aromatic nitrogens is 2. The molecule has 0 spiro atoms. The van der Waals surface area contributed by atoms with Gasteiger partial charge in [-0.2, -0.15) is 0 Å². The summed E-state index contributed by atoms with van der Waals surface area (Å²) in [7, 11) is -3.34. The number of benzene rings is 3. The number of anilines is 1. The first-order valence-corrected chi connectivity index (χ1v) is 10.1. The summed E-state index contributed by atoms with van der Waals surface area (Å²) in [5, 5.41) is 9.44. The van der Waals surface area contributed by atoms with E-state index in [-0.39, 0.29) is 5.75 Å². The summed E-state index contributed by atoms with van der Waals surface area (Å²) in [5.74, 6) is 0.228. The second-order valence-electron chi connectivity index (χ2n) is 6.29. The van der Waals surface area contributed by atoms with Crippen LogP contribution >= 0.6 is 0 Å². The summed E-state index contributed by atoms with van der Waals surface area (Å²) in [5.41, 5.74) is 5.03. The first-order valence-electron chi connectivity index (χ1n) is 8.24. The van der Waals surface area contributed by atoms with Crippen LogP contribution in [0.3, 0.4) is 0 Å². The summed E-state index contributed by atoms with van der Waals surface area (Å²) in [4.78, 5) is 4.48. The Morgan fingerprint density at radius 1 is 0.963 bits per heavy atom. The zero-order valence-electron chi connectivity index (χ0n) is 14.5. The van der Waals surface area contributed by atoms with Gasteiger partial charge in [0.05, 0.1) is 23.0 Å². The van der Waals surface area contributed by atoms with E-state index in [0.29, 0.717) is 5.69 Å². The van der Waals surface area contributed by atoms with Crippen LogP contribution in [0.15, 0.2) is 73.1 Å². The van der Waals surface area contributed by atoms with Gasteiger partial charge in [-0.1, -0.05) is 24.3 Å². The molecule has 0 bridgehead atoms. The number of phenols is 1. The lowest BCUT2D eigenvalue weighted by atomic mass is 10.1. The van der Waals surface area contributed by atoms with Crippen LogP contribution in [0.5, 0.6) is 5.75 Å². The zero-order chi connectivity index (χ0) is 19.0. The molecule has 6 nitrogen and oxygen atoms in total. The van der Waals surface area contributed by atoms with Gasteiger partial charge >= 0.3 is 0 Å². The molecule has 4 rings (SSSR count). The summed E-state index contributed by atoms with van der Waals surface area (Å²) in [6, 6.07) is 20.1. The Morgan fingerprint density at radius 2 is 1.70 bits per heavy atom. The third-order valence-electron chi connectivity index (χ3n) is 4.18. The number of nitrogens with one attached hydrogen (secondary N) is 1. The van der Waals surface area contributed by atoms with Gasteiger partial charge in [0.1, 0.15) is 12.1 Å². The third-order valence-corrected chi connectivity index (χ3v) is 4.78. The SMILES string of the molecule is CS(=O)(=O)Nc1cccc(-n2cnc3cc(-c4ccc(O)cc4)ccc32)c1. The highest BCUT2D eigenvalue weighted by molar-refractivity contribution is 7.92. The lowest BCUT2D eigenvalue weighted by Gasteiger charge is -2.09. The molecule has 4 aromatic rings. The van der Waals surface area contributed by atoms with Gasteiger partial charge in [0, 0.05) is 5.69 Å². The van der Waals surface area contributed by atoms with Crippen molar-refractivity contribution in [1.29, 1.82) is 0 Å². The highest BCUT2D eigenvalue weighted by Gasteiger charge is 2.09. The second-order valence-corrected chi connectivity index (χ2v) is 8.04. The maximum absolute atomic E-state index is 11.5. The van der Waals surface area contributed by atoms with Crippen molar-refractivity contribution >= 4 is 26.7 Å². The quantitative estimate of drug-likeness (QED) is 0.565. The van der Waals surface area contributed by atoms with Gasteiger partial charge in [0.25, 0.3) is 0 Å². The Morgan fingerprint density at radius 3 is 2.44 bits per heavy atom. The van der Waals surface area contributed by atoms with Gasteiger partial charge in [-0.05, 0) is 53.6 Å². The van der Waals surface area contributed by atoms with Gasteiger partial charge in [-0.3, -0.25) is 9.29 Å². The van der Waals surface area contributed by atoms with Gasteiger partial charge in [0.2, 0.25) is 10.0 Å². The van der Waals surface area contributed by atoms with Gasteiger partial charge in [-0.15, -0.1) is 0 Å². The fraction of sp³-hybridized carbons (Fsp3) is 0.0500. The molecule has 1 heterocycles. The minimum atomic E-state index is -3.34. The molecule has 0 aliphatic heterocycles. The van der Waals surface area contributed by atoms with Gasteiger partial charge in [0.15, 0.2) is 0 Å². The van der Waals surface area contributed by atoms with Crippen molar-refractivity contribution in [3.63, 3.8) is 0 Å². The maximum Gasteiger partial charge on any atom is 0.229 e. The topological polar surface area (TPSA) is 84.2 Å². The van der Waals surface area contributed by atoms with E-state index in [1.165, 1.54) is 0 Å². The first kappa shape index (κ1) is 17.1. The largest absolute Gasteiger partial charge is 0.508 e. The van der Waals surface area contributed by atoms with Gasteiger partial charge < -0.3 is 5.11 Å². The predicted octanol–water partition coefficient (Wildman–Crippen LogP) is 3.77. The molecule has 0 saturated carbocycles. The van der Waals surface area contributed by atoms with Crippen LogP contribution in [0, 0.1) is 0 Å². The van der Waals surface area contributed by atoms with Crippen molar-refractivity contribution in [1.82, 2.24) is 9.55 Å². The van der Waals surface area contributed by atoms with E-state index in [1.54, 1.807) is 36.7 Å². The van der Waals surface area contributed by atoms with Crippen LogP contribution in [0.25, 0.3) is 27.8 Å². The number of rotatable bonds is 4. The van der Waals surface area contributed by atoms with Crippen molar-refractivity contribution < 1.29 is 13.5 Å². The fourth-order valence-electron chi connectivity index (χ4n) is 2.99. The predicted molar refractivity (Wildman–Crippen MR) is 107 cm³/mol. The second kappa shape index (κ2) is 6.44. The number of imidazole rings is 1. The number of hydrogen-bond acceptors (Lipinski definition) is 4. The third kappa shape index (κ3) is 3.63. The number of fused-ring (bicyclic) bond motifs is 1. The zero-order valence-corrected chi connectivity index (χ0v) is 15.3. The highest BCUT2D eigenvalue weighted by atomic mass is 32.2. The van der Waals surface area contributed by atoms with Crippen LogP contribution in [-0.4, -0.2) is 29.3 Å². The molecule has 27 heavy (non-hydrogen) atoms. The highest BCUT2D eigenvalue weighted by Crippen LogP contribution is 2.27. The minimum absolute atomic E-state index is 0.228. The fourth-order valence-corrected chi connectivity index (χ4v) is 3.54. The number of aromatic hydroxyl groups is 1. The average molecular weight is 379 g/mol. The van der Waals surface area contributed by atoms with E-state index in [0.717, 1.165) is 34.1 Å². The normalized spacial score (nSPS) is 11.6. The van der Waals surface area contributed by atoms with E-state index in [4.69, 9.17) is 0 Å². The minimum Gasteiger partial charge on any atom is -0.508 e. The molecule has 0 radical (unpaired) electrons. The maximum atomic E-state index is 11.5. The summed E-state index contributed by atoms with van der Waals surface area (Å²) < 4.78 is 27.3. The molecular weight excluding hydrogens is 362 g/mol. The van der Waals surface area contributed by atoms with Crippen molar-refractivity contribution in [2.45, 2.75) is 0 Å². The molecule has 2 N–H and O–H groups in total. The van der Waals surface area contributed by atoms with Crippen LogP contribution in [-0.2, 0) is 10.0 Å². The van der Waals surface area contributed by atoms with Crippen molar-refractivity contribution in [2.24, 2.45) is 0 Å². The van der Waals surface area contributed by atoms with E-state index >= 15 is 0 Å². The van der Waals surface area contributed by atoms with Crippen LogP contribution in [0.4, 0.5) is 5.69 Å². The molecular formula is C20H17N3O3S. The summed E-state index contributed by atoms with van der Waals surface area (Å²) in [6.07, 6.45) is 2.84. The summed E-state index contributed by atoms with van der Waals surface area (Å²) in [6.45, 7) is 0. The number of sulfonamides is 1. The molecule has 0 amide bonds. The standard InChI is InChI=1S/C20H17N3O3S/c1-27(25,26)22-16-3-2-4-17(12-16)23-13-21-19-11-15(7-10-20(19)23)14-5-8-18(24)9-6-14/h2-13,22,24H,1H3. The van der Waals surface area contributed by atoms with E-state index < -0.39 is 10.0 Å². The Kier molecular flexibility index (Phi) is 4.08. The first-order chi connectivity index (χ1) is 12.9. The van der Waals surface area contributed by atoms with Crippen molar-refractivity contribution in [3.8, 4) is 22.6 Å². The van der Waals surface area contributed by atoms with Crippen LogP contribution < -0.4 is 4.72 Å². The smallest absolute Gasteiger partial charge is 0.229 e. The monoisotopic (exact) mass is 379 g/mol. The van der Waals surface area contributed by atoms with E-state index in [1.807, 2.05) is 41.0 Å². The number of phenolic OH excluding ortho intramolecular Hbond substituents is 1. The van der Waals surface area contributed by atoms with E-state index in [2.05, 4.69) is 9.71 Å². The molecule has 0 unspecified atom stereocenters. The lowest BCUT2D eigenvalue weighted by molar-refractivity contribution is 0.475. The Hall–Kier alpha value is -3.32. The molecule has 1 aromatic heterocycles. The molecule has 3 aromatic carbocycles. The van der Waals surface area contributed by atoms with Gasteiger partial charge in [-0.25, -0.2) is 13.4 Å². The summed E-state index contributed by atoms with van der Waals surface area (Å²) >= 11 is 0. The molecule has 0 aliphatic rings. The molecule has 7 heteroatoms. The number of hydrogen-bond donors (Lipinski definition) is 2. The number of nitrogens with zero attached hydrogens (tertiary/aromatic N) is 2. The van der Waals surface area contributed by atoms with Crippen molar-refractivity contribution in [2.75, 3.05) is 11.0 Å². The molecule has 0 atom stereocenters. The molecule has 0 aliphatic carbocycles. The van der Waals surface area contributed by atoms with Crippen molar-refractivity contribution in [3.05, 3.63) is 73.1 Å². The Balaban J connectivity index is 1.74. The van der Waals surface area contributed by atoms with E-state index in [9.17, 15) is 13.5 Å². The average Bonchev–Trinajstić information content (AvgIpc) is 3.04. The molecule has 0 saturated heterocycles. The Labute approximate surface area is 156 Å². The molecule has 136 valence electrons. The lowest BCUT2D eigenvalue weighted by Crippen LogP contribution is -2.09. The van der Waals surface area contributed by atoms with Crippen LogP contribution in [0.2, 0.25) is 0 Å². The Bertz CT molecular complexity index is 1230. The molecule has 0 fully saturated rings. The van der Waals surface area contributed by atoms with Crippen LogP contribution in [0.1, 0.15) is 0 Å².